The molecule has 2 heterocycles. The zero-order valence-electron chi connectivity index (χ0n) is 12.8. The minimum atomic E-state index is 0.202. The van der Waals surface area contributed by atoms with Crippen molar-refractivity contribution in [1.29, 1.82) is 0 Å². The summed E-state index contributed by atoms with van der Waals surface area (Å²) in [6.07, 6.45) is 7.57. The van der Waals surface area contributed by atoms with E-state index in [1.54, 1.807) is 0 Å². The van der Waals surface area contributed by atoms with Crippen LogP contribution >= 0.6 is 0 Å². The topological polar surface area (TPSA) is 74.3 Å². The summed E-state index contributed by atoms with van der Waals surface area (Å²) in [6.45, 7) is 5.66. The van der Waals surface area contributed by atoms with Crippen molar-refractivity contribution in [3.63, 3.8) is 0 Å². The summed E-state index contributed by atoms with van der Waals surface area (Å²) in [5.74, 6) is 0.305. The largest absolute Gasteiger partial charge is 0.409 e. The van der Waals surface area contributed by atoms with Crippen LogP contribution in [0.2, 0.25) is 0 Å². The number of ether oxygens (including phenoxy) is 1. The highest BCUT2D eigenvalue weighted by atomic mass is 16.5. The molecule has 21 heavy (non-hydrogen) atoms. The van der Waals surface area contributed by atoms with Crippen molar-refractivity contribution in [3.05, 3.63) is 0 Å². The van der Waals surface area contributed by atoms with Crippen LogP contribution in [-0.2, 0) is 4.74 Å². The fourth-order valence-electron chi connectivity index (χ4n) is 4.23. The molecule has 3 N–H and O–H groups in total. The Morgan fingerprint density at radius 1 is 1.24 bits per heavy atom. The van der Waals surface area contributed by atoms with E-state index < -0.39 is 0 Å². The van der Waals surface area contributed by atoms with E-state index in [-0.39, 0.29) is 5.60 Å². The number of amidine groups is 1. The summed E-state index contributed by atoms with van der Waals surface area (Å²) < 4.78 is 6.14. The summed E-state index contributed by atoms with van der Waals surface area (Å²) in [6, 6.07) is 0.683. The van der Waals surface area contributed by atoms with E-state index in [4.69, 9.17) is 15.7 Å². The van der Waals surface area contributed by atoms with Gasteiger partial charge in [0.15, 0.2) is 5.84 Å². The standard InChI is InChI=1S/C15H28N4O2/c16-14(17-20)12-18-6-8-19(9-7-18)13-3-10-21-15(11-13)4-1-2-5-15/h13,20H,1-12H2,(H2,16,17). The average Bonchev–Trinajstić information content (AvgIpc) is 2.95. The number of hydrogen-bond donors (Lipinski definition) is 2. The van der Waals surface area contributed by atoms with Crippen molar-refractivity contribution in [1.82, 2.24) is 9.80 Å². The Kier molecular flexibility index (Phi) is 4.66. The van der Waals surface area contributed by atoms with Crippen molar-refractivity contribution >= 4 is 5.84 Å². The average molecular weight is 296 g/mol. The maximum absolute atomic E-state index is 8.65. The molecule has 3 aliphatic rings. The number of oxime groups is 1. The summed E-state index contributed by atoms with van der Waals surface area (Å²) in [7, 11) is 0. The minimum Gasteiger partial charge on any atom is -0.409 e. The van der Waals surface area contributed by atoms with E-state index in [2.05, 4.69) is 15.0 Å². The second-order valence-electron chi connectivity index (χ2n) is 6.79. The molecule has 3 fully saturated rings. The Hall–Kier alpha value is -0.850. The smallest absolute Gasteiger partial charge is 0.153 e. The highest BCUT2D eigenvalue weighted by molar-refractivity contribution is 5.81. The van der Waals surface area contributed by atoms with Gasteiger partial charge in [0.05, 0.1) is 12.1 Å². The number of nitrogens with two attached hydrogens (primary N) is 1. The van der Waals surface area contributed by atoms with Crippen LogP contribution < -0.4 is 5.73 Å². The molecule has 1 aliphatic carbocycles. The van der Waals surface area contributed by atoms with Crippen molar-refractivity contribution in [2.24, 2.45) is 10.9 Å². The second kappa shape index (κ2) is 6.50. The Morgan fingerprint density at radius 2 is 1.95 bits per heavy atom. The molecule has 0 aromatic carbocycles. The second-order valence-corrected chi connectivity index (χ2v) is 6.79. The number of piperazine rings is 1. The summed E-state index contributed by atoms with van der Waals surface area (Å²) in [5, 5.41) is 11.7. The maximum atomic E-state index is 8.65. The number of hydrogen-bond acceptors (Lipinski definition) is 5. The monoisotopic (exact) mass is 296 g/mol. The van der Waals surface area contributed by atoms with Gasteiger partial charge in [-0.1, -0.05) is 18.0 Å². The molecule has 1 spiro atoms. The summed E-state index contributed by atoms with van der Waals surface area (Å²) >= 11 is 0. The zero-order valence-corrected chi connectivity index (χ0v) is 12.8. The first-order valence-electron chi connectivity index (χ1n) is 8.28. The molecule has 0 aromatic rings. The van der Waals surface area contributed by atoms with E-state index in [1.165, 1.54) is 38.5 Å². The van der Waals surface area contributed by atoms with Gasteiger partial charge in [0.2, 0.25) is 0 Å². The Bertz CT molecular complexity index is 374. The highest BCUT2D eigenvalue weighted by Gasteiger charge is 2.41. The van der Waals surface area contributed by atoms with Gasteiger partial charge in [0.1, 0.15) is 0 Å². The minimum absolute atomic E-state index is 0.202. The Morgan fingerprint density at radius 3 is 2.62 bits per heavy atom. The Labute approximate surface area is 126 Å². The normalized spacial score (nSPS) is 31.8. The molecule has 2 saturated heterocycles. The van der Waals surface area contributed by atoms with Gasteiger partial charge in [0.25, 0.3) is 0 Å². The number of nitrogens with zero attached hydrogens (tertiary/aromatic N) is 3. The van der Waals surface area contributed by atoms with Crippen LogP contribution in [0.15, 0.2) is 5.16 Å². The van der Waals surface area contributed by atoms with Gasteiger partial charge in [-0.15, -0.1) is 0 Å². The third-order valence-corrected chi connectivity index (χ3v) is 5.42. The molecule has 6 nitrogen and oxygen atoms in total. The van der Waals surface area contributed by atoms with Crippen LogP contribution in [0.25, 0.3) is 0 Å². The first-order valence-corrected chi connectivity index (χ1v) is 8.28. The predicted molar refractivity (Wildman–Crippen MR) is 81.6 cm³/mol. The molecule has 0 amide bonds. The van der Waals surface area contributed by atoms with Crippen molar-refractivity contribution in [3.8, 4) is 0 Å². The molecular weight excluding hydrogens is 268 g/mol. The highest BCUT2D eigenvalue weighted by Crippen LogP contribution is 2.41. The fraction of sp³-hybridized carbons (Fsp3) is 0.933. The van der Waals surface area contributed by atoms with Gasteiger partial charge in [-0.05, 0) is 25.7 Å². The van der Waals surface area contributed by atoms with Crippen LogP contribution in [-0.4, -0.2) is 71.8 Å². The lowest BCUT2D eigenvalue weighted by molar-refractivity contribution is -0.105. The van der Waals surface area contributed by atoms with Gasteiger partial charge < -0.3 is 15.7 Å². The molecule has 6 heteroatoms. The molecule has 0 aromatic heterocycles. The Balaban J connectivity index is 1.50. The lowest BCUT2D eigenvalue weighted by atomic mass is 9.88. The molecule has 0 radical (unpaired) electrons. The molecule has 1 atom stereocenters. The van der Waals surface area contributed by atoms with Crippen LogP contribution in [0.3, 0.4) is 0 Å². The molecule has 120 valence electrons. The summed E-state index contributed by atoms with van der Waals surface area (Å²) in [4.78, 5) is 4.89. The van der Waals surface area contributed by atoms with Crippen LogP contribution in [0.1, 0.15) is 38.5 Å². The van der Waals surface area contributed by atoms with E-state index in [1.807, 2.05) is 0 Å². The number of rotatable bonds is 3. The van der Waals surface area contributed by atoms with Gasteiger partial charge in [-0.3, -0.25) is 9.80 Å². The lowest BCUT2D eigenvalue weighted by Crippen LogP contribution is -2.55. The van der Waals surface area contributed by atoms with Gasteiger partial charge in [0, 0.05) is 38.8 Å². The first kappa shape index (κ1) is 15.1. The van der Waals surface area contributed by atoms with Crippen molar-refractivity contribution < 1.29 is 9.94 Å². The van der Waals surface area contributed by atoms with Crippen molar-refractivity contribution in [2.75, 3.05) is 39.3 Å². The van der Waals surface area contributed by atoms with Gasteiger partial charge in [-0.25, -0.2) is 0 Å². The van der Waals surface area contributed by atoms with E-state index in [0.29, 0.717) is 18.4 Å². The van der Waals surface area contributed by atoms with E-state index in [0.717, 1.165) is 32.8 Å². The van der Waals surface area contributed by atoms with Crippen molar-refractivity contribution in [2.45, 2.75) is 50.2 Å². The SMILES string of the molecule is NC(CN1CCN(C2CCOC3(CCCC3)C2)CC1)=NO. The lowest BCUT2D eigenvalue weighted by Gasteiger charge is -2.45. The molecular formula is C15H28N4O2. The fourth-order valence-corrected chi connectivity index (χ4v) is 4.23. The van der Waals surface area contributed by atoms with E-state index in [9.17, 15) is 0 Å². The van der Waals surface area contributed by atoms with Crippen LogP contribution in [0.4, 0.5) is 0 Å². The molecule has 1 saturated carbocycles. The first-order chi connectivity index (χ1) is 10.2. The third-order valence-electron chi connectivity index (χ3n) is 5.42. The van der Waals surface area contributed by atoms with Crippen LogP contribution in [0, 0.1) is 0 Å². The summed E-state index contributed by atoms with van der Waals surface area (Å²) in [5.41, 5.74) is 5.79. The molecule has 3 rings (SSSR count). The maximum Gasteiger partial charge on any atom is 0.153 e. The van der Waals surface area contributed by atoms with Crippen LogP contribution in [0.5, 0.6) is 0 Å². The quantitative estimate of drug-likeness (QED) is 0.349. The third kappa shape index (κ3) is 3.49. The molecule has 2 aliphatic heterocycles. The van der Waals surface area contributed by atoms with Gasteiger partial charge in [-0.2, -0.15) is 0 Å². The molecule has 1 unspecified atom stereocenters. The predicted octanol–water partition coefficient (Wildman–Crippen LogP) is 0.842. The van der Waals surface area contributed by atoms with E-state index >= 15 is 0 Å². The molecule has 0 bridgehead atoms. The van der Waals surface area contributed by atoms with Gasteiger partial charge >= 0.3 is 0 Å². The zero-order chi connectivity index (χ0) is 14.7.